The van der Waals surface area contributed by atoms with E-state index < -0.39 is 0 Å². The molecule has 0 amide bonds. The molecule has 1 saturated carbocycles. The fraction of sp³-hybridized carbons (Fsp3) is 1.00. The highest BCUT2D eigenvalue weighted by Crippen LogP contribution is 2.51. The van der Waals surface area contributed by atoms with E-state index in [2.05, 4.69) is 39.5 Å². The molecule has 0 bridgehead atoms. The summed E-state index contributed by atoms with van der Waals surface area (Å²) in [6.45, 7) is 14.1. The van der Waals surface area contributed by atoms with E-state index in [1.54, 1.807) is 0 Å². The molecule has 4 unspecified atom stereocenters. The van der Waals surface area contributed by atoms with Crippen LogP contribution in [0.15, 0.2) is 0 Å². The second kappa shape index (κ2) is 4.24. The molecule has 0 radical (unpaired) electrons. The minimum absolute atomic E-state index is 0.272. The standard InChI is InChI=1S/C15H30N2/c1-11-6-13(3)17(8-11)15(10-16)9-14(4,5)7-12(15)2/h11-13H,6-10,16H2,1-5H3. The predicted octanol–water partition coefficient (Wildman–Crippen LogP) is 2.87. The summed E-state index contributed by atoms with van der Waals surface area (Å²) < 4.78 is 0. The predicted molar refractivity (Wildman–Crippen MR) is 73.9 cm³/mol. The lowest BCUT2D eigenvalue weighted by atomic mass is 9.84. The van der Waals surface area contributed by atoms with Gasteiger partial charge in [-0.2, -0.15) is 0 Å². The van der Waals surface area contributed by atoms with Crippen molar-refractivity contribution in [2.45, 2.75) is 65.5 Å². The third-order valence-electron chi connectivity index (χ3n) is 5.27. The van der Waals surface area contributed by atoms with Crippen molar-refractivity contribution in [2.24, 2.45) is 23.0 Å². The highest BCUT2D eigenvalue weighted by atomic mass is 15.3. The van der Waals surface area contributed by atoms with E-state index in [1.165, 1.54) is 25.8 Å². The van der Waals surface area contributed by atoms with Crippen molar-refractivity contribution in [1.29, 1.82) is 0 Å². The topological polar surface area (TPSA) is 29.3 Å². The Morgan fingerprint density at radius 1 is 1.24 bits per heavy atom. The van der Waals surface area contributed by atoms with Gasteiger partial charge in [0.2, 0.25) is 0 Å². The van der Waals surface area contributed by atoms with Gasteiger partial charge >= 0.3 is 0 Å². The quantitative estimate of drug-likeness (QED) is 0.801. The Kier molecular flexibility index (Phi) is 3.33. The fourth-order valence-electron chi connectivity index (χ4n) is 4.79. The van der Waals surface area contributed by atoms with E-state index >= 15 is 0 Å². The van der Waals surface area contributed by atoms with Gasteiger partial charge in [0.25, 0.3) is 0 Å². The van der Waals surface area contributed by atoms with Crippen molar-refractivity contribution in [3.05, 3.63) is 0 Å². The van der Waals surface area contributed by atoms with Gasteiger partial charge in [0.1, 0.15) is 0 Å². The van der Waals surface area contributed by atoms with Crippen LogP contribution >= 0.6 is 0 Å². The molecule has 2 heteroatoms. The summed E-state index contributed by atoms with van der Waals surface area (Å²) in [6, 6.07) is 0.713. The van der Waals surface area contributed by atoms with Crippen LogP contribution in [0.25, 0.3) is 0 Å². The van der Waals surface area contributed by atoms with Gasteiger partial charge in [0.15, 0.2) is 0 Å². The third-order valence-corrected chi connectivity index (χ3v) is 5.27. The van der Waals surface area contributed by atoms with E-state index in [9.17, 15) is 0 Å². The molecule has 1 saturated heterocycles. The van der Waals surface area contributed by atoms with Gasteiger partial charge in [-0.3, -0.25) is 4.90 Å². The maximum absolute atomic E-state index is 6.23. The molecule has 0 aromatic heterocycles. The summed E-state index contributed by atoms with van der Waals surface area (Å²) in [5, 5.41) is 0. The largest absolute Gasteiger partial charge is 0.329 e. The molecule has 2 aliphatic rings. The Labute approximate surface area is 107 Å². The zero-order valence-electron chi connectivity index (χ0n) is 12.3. The van der Waals surface area contributed by atoms with Crippen LogP contribution in [0.2, 0.25) is 0 Å². The first-order valence-electron chi connectivity index (χ1n) is 7.27. The third kappa shape index (κ3) is 2.15. The molecule has 4 atom stereocenters. The molecule has 0 aromatic rings. The van der Waals surface area contributed by atoms with Crippen molar-refractivity contribution >= 4 is 0 Å². The molecule has 1 aliphatic heterocycles. The SMILES string of the molecule is CC1CC(C)N(C2(CN)CC(C)(C)CC2C)C1. The van der Waals surface area contributed by atoms with Crippen molar-refractivity contribution < 1.29 is 0 Å². The minimum atomic E-state index is 0.272. The summed E-state index contributed by atoms with van der Waals surface area (Å²) >= 11 is 0. The molecule has 0 aromatic carbocycles. The molecule has 2 fully saturated rings. The van der Waals surface area contributed by atoms with Crippen LogP contribution in [0, 0.1) is 17.3 Å². The van der Waals surface area contributed by atoms with Crippen molar-refractivity contribution in [1.82, 2.24) is 4.90 Å². The van der Waals surface area contributed by atoms with E-state index in [-0.39, 0.29) is 5.54 Å². The molecule has 2 nitrogen and oxygen atoms in total. The van der Waals surface area contributed by atoms with Crippen molar-refractivity contribution in [3.8, 4) is 0 Å². The Balaban J connectivity index is 2.26. The van der Waals surface area contributed by atoms with E-state index in [1.807, 2.05) is 0 Å². The summed E-state index contributed by atoms with van der Waals surface area (Å²) in [5.41, 5.74) is 6.96. The minimum Gasteiger partial charge on any atom is -0.329 e. The zero-order chi connectivity index (χ0) is 12.8. The van der Waals surface area contributed by atoms with Crippen LogP contribution in [0.3, 0.4) is 0 Å². The van der Waals surface area contributed by atoms with Gasteiger partial charge in [-0.25, -0.2) is 0 Å². The maximum atomic E-state index is 6.23. The molecular formula is C15H30N2. The van der Waals surface area contributed by atoms with E-state index in [0.29, 0.717) is 11.5 Å². The first-order chi connectivity index (χ1) is 7.81. The molecule has 100 valence electrons. The average molecular weight is 238 g/mol. The molecule has 0 spiro atoms. The molecule has 2 N–H and O–H groups in total. The number of nitrogens with two attached hydrogens (primary N) is 1. The van der Waals surface area contributed by atoms with Crippen LogP contribution in [0.5, 0.6) is 0 Å². The number of rotatable bonds is 2. The van der Waals surface area contributed by atoms with Gasteiger partial charge in [0, 0.05) is 24.7 Å². The number of nitrogens with zero attached hydrogens (tertiary/aromatic N) is 1. The number of likely N-dealkylation sites (tertiary alicyclic amines) is 1. The van der Waals surface area contributed by atoms with Gasteiger partial charge in [-0.1, -0.05) is 27.7 Å². The lowest BCUT2D eigenvalue weighted by Crippen LogP contribution is -2.57. The molecule has 2 rings (SSSR count). The Morgan fingerprint density at radius 2 is 1.88 bits per heavy atom. The van der Waals surface area contributed by atoms with E-state index in [0.717, 1.165) is 18.4 Å². The smallest absolute Gasteiger partial charge is 0.0365 e. The highest BCUT2D eigenvalue weighted by molar-refractivity contribution is 5.08. The second-order valence-corrected chi connectivity index (χ2v) is 7.60. The van der Waals surface area contributed by atoms with Crippen LogP contribution in [-0.2, 0) is 0 Å². The summed E-state index contributed by atoms with van der Waals surface area (Å²) in [6.07, 6.45) is 3.94. The van der Waals surface area contributed by atoms with Crippen LogP contribution in [0.1, 0.15) is 53.9 Å². The Bertz CT molecular complexity index is 287. The molecule has 1 aliphatic carbocycles. The molecule has 17 heavy (non-hydrogen) atoms. The van der Waals surface area contributed by atoms with Crippen molar-refractivity contribution in [3.63, 3.8) is 0 Å². The molecule has 1 heterocycles. The van der Waals surface area contributed by atoms with Crippen LogP contribution in [0.4, 0.5) is 0 Å². The van der Waals surface area contributed by atoms with Gasteiger partial charge in [-0.05, 0) is 43.4 Å². The normalized spacial score (nSPS) is 46.6. The lowest BCUT2D eigenvalue weighted by Gasteiger charge is -2.45. The molecular weight excluding hydrogens is 208 g/mol. The zero-order valence-corrected chi connectivity index (χ0v) is 12.3. The first-order valence-corrected chi connectivity index (χ1v) is 7.27. The highest BCUT2D eigenvalue weighted by Gasteiger charge is 2.53. The Morgan fingerprint density at radius 3 is 2.24 bits per heavy atom. The summed E-state index contributed by atoms with van der Waals surface area (Å²) in [4.78, 5) is 2.75. The van der Waals surface area contributed by atoms with E-state index in [4.69, 9.17) is 5.73 Å². The second-order valence-electron chi connectivity index (χ2n) is 7.60. The van der Waals surface area contributed by atoms with Gasteiger partial charge < -0.3 is 5.73 Å². The average Bonchev–Trinajstić information content (AvgIpc) is 2.64. The lowest BCUT2D eigenvalue weighted by molar-refractivity contribution is 0.0508. The van der Waals surface area contributed by atoms with Crippen LogP contribution < -0.4 is 5.73 Å². The van der Waals surface area contributed by atoms with Gasteiger partial charge in [-0.15, -0.1) is 0 Å². The number of hydrogen-bond acceptors (Lipinski definition) is 2. The monoisotopic (exact) mass is 238 g/mol. The van der Waals surface area contributed by atoms with Crippen LogP contribution in [-0.4, -0.2) is 29.6 Å². The first kappa shape index (κ1) is 13.4. The fourth-order valence-corrected chi connectivity index (χ4v) is 4.79. The summed E-state index contributed by atoms with van der Waals surface area (Å²) in [5.74, 6) is 1.57. The maximum Gasteiger partial charge on any atom is 0.0365 e. The summed E-state index contributed by atoms with van der Waals surface area (Å²) in [7, 11) is 0. The Hall–Kier alpha value is -0.0800. The number of hydrogen-bond donors (Lipinski definition) is 1. The van der Waals surface area contributed by atoms with Gasteiger partial charge in [0.05, 0.1) is 0 Å². The van der Waals surface area contributed by atoms with Crippen molar-refractivity contribution in [2.75, 3.05) is 13.1 Å².